The maximum absolute atomic E-state index is 12.5. The van der Waals surface area contributed by atoms with E-state index in [1.807, 2.05) is 13.0 Å². The molecule has 0 aliphatic heterocycles. The first-order valence-electron chi connectivity index (χ1n) is 7.80. The molecule has 3 aromatic rings. The summed E-state index contributed by atoms with van der Waals surface area (Å²) in [6, 6.07) is 1.83. The van der Waals surface area contributed by atoms with Crippen molar-refractivity contribution in [1.29, 1.82) is 0 Å². The number of nitrogens with one attached hydrogen (secondary N) is 2. The summed E-state index contributed by atoms with van der Waals surface area (Å²) in [5.41, 5.74) is 1.13. The Morgan fingerprint density at radius 1 is 1.38 bits per heavy atom. The van der Waals surface area contributed by atoms with Gasteiger partial charge in [0.1, 0.15) is 16.1 Å². The van der Waals surface area contributed by atoms with Crippen LogP contribution in [0.1, 0.15) is 26.3 Å². The van der Waals surface area contributed by atoms with Crippen molar-refractivity contribution in [3.05, 3.63) is 26.5 Å². The fraction of sp³-hybridized carbons (Fsp3) is 0.353. The van der Waals surface area contributed by atoms with Gasteiger partial charge in [0.25, 0.3) is 5.56 Å². The summed E-state index contributed by atoms with van der Waals surface area (Å²) in [5.74, 6) is 0.637. The lowest BCUT2D eigenvalue weighted by Crippen LogP contribution is -2.27. The van der Waals surface area contributed by atoms with E-state index >= 15 is 0 Å². The SMILES string of the molecule is COc1cc(C)c2[nH]c(=O)c3sc(NC(=O)OC(C)(C)C)nc3c2c1Br. The molecule has 7 nitrogen and oxygen atoms in total. The lowest BCUT2D eigenvalue weighted by Gasteiger charge is -2.18. The third kappa shape index (κ3) is 3.41. The highest BCUT2D eigenvalue weighted by molar-refractivity contribution is 9.10. The molecule has 0 saturated carbocycles. The van der Waals surface area contributed by atoms with Crippen LogP contribution < -0.4 is 15.6 Å². The fourth-order valence-corrected chi connectivity index (χ4v) is 4.07. The highest BCUT2D eigenvalue weighted by Crippen LogP contribution is 2.39. The number of aromatic nitrogens is 2. The predicted molar refractivity (Wildman–Crippen MR) is 107 cm³/mol. The van der Waals surface area contributed by atoms with Gasteiger partial charge in [-0.2, -0.15) is 0 Å². The number of methoxy groups -OCH3 is 1. The number of fused-ring (bicyclic) bond motifs is 3. The molecule has 26 heavy (non-hydrogen) atoms. The minimum Gasteiger partial charge on any atom is -0.496 e. The Hall–Kier alpha value is -2.13. The maximum Gasteiger partial charge on any atom is 0.413 e. The molecule has 0 fully saturated rings. The van der Waals surface area contributed by atoms with Gasteiger partial charge in [-0.05, 0) is 55.3 Å². The number of H-pyrrole nitrogens is 1. The van der Waals surface area contributed by atoms with Gasteiger partial charge in [-0.3, -0.25) is 10.1 Å². The molecule has 0 unspecified atom stereocenters. The molecule has 0 aliphatic carbocycles. The summed E-state index contributed by atoms with van der Waals surface area (Å²) in [5, 5.41) is 3.61. The molecule has 9 heteroatoms. The van der Waals surface area contributed by atoms with Gasteiger partial charge >= 0.3 is 6.09 Å². The molecule has 2 heterocycles. The lowest BCUT2D eigenvalue weighted by atomic mass is 10.1. The second kappa shape index (κ2) is 6.55. The maximum atomic E-state index is 12.5. The van der Waals surface area contributed by atoms with Crippen LogP contribution in [0.15, 0.2) is 15.3 Å². The number of hydrogen-bond acceptors (Lipinski definition) is 6. The van der Waals surface area contributed by atoms with Crippen LogP contribution in [0.25, 0.3) is 21.1 Å². The van der Waals surface area contributed by atoms with Crippen LogP contribution in [0, 0.1) is 6.92 Å². The highest BCUT2D eigenvalue weighted by atomic mass is 79.9. The molecule has 1 aromatic carbocycles. The van der Waals surface area contributed by atoms with Gasteiger partial charge in [-0.1, -0.05) is 11.3 Å². The molecule has 0 saturated heterocycles. The smallest absolute Gasteiger partial charge is 0.413 e. The summed E-state index contributed by atoms with van der Waals surface area (Å²) in [6.45, 7) is 7.20. The van der Waals surface area contributed by atoms with E-state index in [4.69, 9.17) is 9.47 Å². The Balaban J connectivity index is 2.18. The fourth-order valence-electron chi connectivity index (χ4n) is 2.55. The van der Waals surface area contributed by atoms with Crippen LogP contribution in [0.2, 0.25) is 0 Å². The third-order valence-electron chi connectivity index (χ3n) is 3.56. The first-order valence-corrected chi connectivity index (χ1v) is 9.41. The minimum atomic E-state index is -0.627. The normalized spacial score (nSPS) is 11.8. The number of aromatic amines is 1. The van der Waals surface area contributed by atoms with Crippen LogP contribution in [0.3, 0.4) is 0 Å². The van der Waals surface area contributed by atoms with Crippen LogP contribution in [0.4, 0.5) is 9.93 Å². The van der Waals surface area contributed by atoms with Crippen molar-refractivity contribution in [3.63, 3.8) is 0 Å². The number of pyridine rings is 1. The molecule has 138 valence electrons. The van der Waals surface area contributed by atoms with Crippen molar-refractivity contribution in [2.45, 2.75) is 33.3 Å². The zero-order valence-corrected chi connectivity index (χ0v) is 17.3. The van der Waals surface area contributed by atoms with E-state index in [2.05, 4.69) is 31.2 Å². The number of anilines is 1. The van der Waals surface area contributed by atoms with E-state index < -0.39 is 11.7 Å². The molecule has 0 spiro atoms. The van der Waals surface area contributed by atoms with Gasteiger partial charge < -0.3 is 14.5 Å². The monoisotopic (exact) mass is 439 g/mol. The van der Waals surface area contributed by atoms with Crippen molar-refractivity contribution in [3.8, 4) is 5.75 Å². The second-order valence-electron chi connectivity index (χ2n) is 6.74. The molecule has 0 radical (unpaired) electrons. The second-order valence-corrected chi connectivity index (χ2v) is 8.53. The number of thiazole rings is 1. The first kappa shape index (κ1) is 18.7. The molecule has 2 aromatic heterocycles. The summed E-state index contributed by atoms with van der Waals surface area (Å²) in [7, 11) is 1.57. The highest BCUT2D eigenvalue weighted by Gasteiger charge is 2.21. The van der Waals surface area contributed by atoms with Crippen molar-refractivity contribution < 1.29 is 14.3 Å². The van der Waals surface area contributed by atoms with E-state index in [9.17, 15) is 9.59 Å². The van der Waals surface area contributed by atoms with E-state index in [1.165, 1.54) is 0 Å². The van der Waals surface area contributed by atoms with Gasteiger partial charge in [0.15, 0.2) is 5.13 Å². The molecule has 3 rings (SSSR count). The van der Waals surface area contributed by atoms with Gasteiger partial charge in [-0.25, -0.2) is 9.78 Å². The first-order chi connectivity index (χ1) is 12.1. The van der Waals surface area contributed by atoms with Crippen LogP contribution in [0.5, 0.6) is 5.75 Å². The van der Waals surface area contributed by atoms with E-state index in [-0.39, 0.29) is 5.56 Å². The lowest BCUT2D eigenvalue weighted by molar-refractivity contribution is 0.0636. The Kier molecular flexibility index (Phi) is 4.70. The number of ether oxygens (including phenoxy) is 2. The Labute approximate surface area is 161 Å². The van der Waals surface area contributed by atoms with Crippen molar-refractivity contribution in [2.75, 3.05) is 12.4 Å². The van der Waals surface area contributed by atoms with E-state index in [0.717, 1.165) is 22.3 Å². The predicted octanol–water partition coefficient (Wildman–Crippen LogP) is 4.56. The number of rotatable bonds is 2. The number of amides is 1. The summed E-state index contributed by atoms with van der Waals surface area (Å²) < 4.78 is 11.7. The van der Waals surface area contributed by atoms with Crippen molar-refractivity contribution >= 4 is 59.6 Å². The topological polar surface area (TPSA) is 93.3 Å². The average molecular weight is 440 g/mol. The Morgan fingerprint density at radius 2 is 2.08 bits per heavy atom. The molecular formula is C17H18BrN3O4S. The summed E-state index contributed by atoms with van der Waals surface area (Å²) in [4.78, 5) is 31.8. The number of carbonyl (C=O) groups is 1. The zero-order valence-electron chi connectivity index (χ0n) is 14.9. The molecule has 1 amide bonds. The molecule has 0 atom stereocenters. The number of nitrogens with zero attached hydrogens (tertiary/aromatic N) is 1. The minimum absolute atomic E-state index is 0.262. The largest absolute Gasteiger partial charge is 0.496 e. The van der Waals surface area contributed by atoms with Crippen LogP contribution in [-0.4, -0.2) is 28.8 Å². The molecular weight excluding hydrogens is 422 g/mol. The van der Waals surface area contributed by atoms with E-state index in [1.54, 1.807) is 27.9 Å². The molecule has 0 aliphatic rings. The van der Waals surface area contributed by atoms with Crippen LogP contribution >= 0.6 is 27.3 Å². The number of hydrogen-bond donors (Lipinski definition) is 2. The standard InChI is InChI=1S/C17H18BrN3O4S/c1-7-6-8(24-5)10(18)9-11(7)19-14(22)13-12(9)20-15(26-13)21-16(23)25-17(2,3)4/h6H,1-5H3,(H,19,22)(H,20,21,23). The average Bonchev–Trinajstić information content (AvgIpc) is 2.92. The van der Waals surface area contributed by atoms with E-state index in [0.29, 0.717) is 31.1 Å². The Bertz CT molecular complexity index is 1080. The molecule has 0 bridgehead atoms. The molecule has 2 N–H and O–H groups in total. The number of aryl methyl sites for hydroxylation is 1. The zero-order chi connectivity index (χ0) is 19.2. The number of benzene rings is 1. The quantitative estimate of drug-likeness (QED) is 0.609. The number of carbonyl (C=O) groups excluding carboxylic acids is 1. The summed E-state index contributed by atoms with van der Waals surface area (Å²) >= 11 is 4.62. The van der Waals surface area contributed by atoms with Gasteiger partial charge in [0.05, 0.1) is 22.6 Å². The van der Waals surface area contributed by atoms with Crippen molar-refractivity contribution in [1.82, 2.24) is 9.97 Å². The number of halogens is 1. The van der Waals surface area contributed by atoms with Gasteiger partial charge in [0.2, 0.25) is 0 Å². The van der Waals surface area contributed by atoms with Crippen molar-refractivity contribution in [2.24, 2.45) is 0 Å². The van der Waals surface area contributed by atoms with Gasteiger partial charge in [0, 0.05) is 5.39 Å². The summed E-state index contributed by atoms with van der Waals surface area (Å²) in [6.07, 6.45) is -0.620. The third-order valence-corrected chi connectivity index (χ3v) is 5.32. The van der Waals surface area contributed by atoms with Crippen LogP contribution in [-0.2, 0) is 4.74 Å². The Morgan fingerprint density at radius 3 is 2.69 bits per heavy atom. The van der Waals surface area contributed by atoms with Gasteiger partial charge in [-0.15, -0.1) is 0 Å².